The molecule has 0 unspecified atom stereocenters. The molecule has 0 aliphatic rings. The van der Waals surface area contributed by atoms with Crippen molar-refractivity contribution in [1.82, 2.24) is 14.8 Å². The van der Waals surface area contributed by atoms with Crippen LogP contribution in [-0.4, -0.2) is 27.7 Å². The normalized spacial score (nSPS) is 10.6. The summed E-state index contributed by atoms with van der Waals surface area (Å²) in [6, 6.07) is 18.2. The van der Waals surface area contributed by atoms with Crippen LogP contribution in [-0.2, 0) is 24.3 Å². The van der Waals surface area contributed by atoms with E-state index in [9.17, 15) is 4.79 Å². The summed E-state index contributed by atoms with van der Waals surface area (Å²) in [6.45, 7) is 3.05. The summed E-state index contributed by atoms with van der Waals surface area (Å²) in [7, 11) is 2.05. The van der Waals surface area contributed by atoms with Gasteiger partial charge in [-0.25, -0.2) is 0 Å². The summed E-state index contributed by atoms with van der Waals surface area (Å²) < 4.78 is 2.22. The molecular formula is C21H25N5OS. The van der Waals surface area contributed by atoms with E-state index in [0.29, 0.717) is 4.77 Å². The average molecular weight is 396 g/mol. The van der Waals surface area contributed by atoms with Crippen LogP contribution in [0.25, 0.3) is 0 Å². The van der Waals surface area contributed by atoms with Crippen molar-refractivity contribution in [3.8, 4) is 0 Å². The fourth-order valence-corrected chi connectivity index (χ4v) is 3.24. The van der Waals surface area contributed by atoms with Gasteiger partial charge < -0.3 is 10.2 Å². The van der Waals surface area contributed by atoms with E-state index in [1.165, 1.54) is 5.56 Å². The summed E-state index contributed by atoms with van der Waals surface area (Å²) in [4.78, 5) is 14.6. The molecular weight excluding hydrogens is 370 g/mol. The molecule has 0 aliphatic heterocycles. The van der Waals surface area contributed by atoms with Crippen molar-refractivity contribution in [2.24, 2.45) is 0 Å². The predicted molar refractivity (Wildman–Crippen MR) is 115 cm³/mol. The van der Waals surface area contributed by atoms with Crippen molar-refractivity contribution in [3.05, 3.63) is 70.8 Å². The molecule has 3 aromatic rings. The highest BCUT2D eigenvalue weighted by atomic mass is 32.1. The topological polar surface area (TPSA) is 66.0 Å². The van der Waals surface area contributed by atoms with E-state index in [4.69, 9.17) is 12.2 Å². The Morgan fingerprint density at radius 2 is 1.89 bits per heavy atom. The first kappa shape index (κ1) is 19.8. The highest BCUT2D eigenvalue weighted by Gasteiger charge is 2.10. The summed E-state index contributed by atoms with van der Waals surface area (Å²) in [6.07, 6.45) is 1.72. The van der Waals surface area contributed by atoms with E-state index in [1.54, 1.807) is 4.57 Å². The number of aromatic nitrogens is 3. The molecule has 0 aliphatic carbocycles. The zero-order valence-electron chi connectivity index (χ0n) is 16.2. The Bertz CT molecular complexity index is 962. The first-order chi connectivity index (χ1) is 13.6. The number of aryl methyl sites for hydroxylation is 1. The van der Waals surface area contributed by atoms with Crippen molar-refractivity contribution in [1.29, 1.82) is 0 Å². The first-order valence-electron chi connectivity index (χ1n) is 9.36. The van der Waals surface area contributed by atoms with Crippen molar-refractivity contribution in [3.63, 3.8) is 0 Å². The van der Waals surface area contributed by atoms with Gasteiger partial charge in [-0.3, -0.25) is 14.5 Å². The molecule has 1 heterocycles. The Balaban J connectivity index is 1.60. The van der Waals surface area contributed by atoms with Gasteiger partial charge in [0, 0.05) is 31.4 Å². The molecule has 7 heteroatoms. The number of aromatic amines is 1. The Morgan fingerprint density at radius 3 is 2.57 bits per heavy atom. The lowest BCUT2D eigenvalue weighted by Gasteiger charge is -2.20. The fourth-order valence-electron chi connectivity index (χ4n) is 3.02. The van der Waals surface area contributed by atoms with Gasteiger partial charge in [0.1, 0.15) is 12.4 Å². The van der Waals surface area contributed by atoms with Crippen LogP contribution in [0.5, 0.6) is 0 Å². The lowest BCUT2D eigenvalue weighted by molar-refractivity contribution is -0.116. The summed E-state index contributed by atoms with van der Waals surface area (Å²) in [5.74, 6) is 0.681. The number of carbonyl (C=O) groups excluding carboxylic acids is 1. The summed E-state index contributed by atoms with van der Waals surface area (Å²) in [5, 5.41) is 9.88. The molecule has 6 nitrogen and oxygen atoms in total. The average Bonchev–Trinajstić information content (AvgIpc) is 3.03. The lowest BCUT2D eigenvalue weighted by atomic mass is 10.2. The molecule has 28 heavy (non-hydrogen) atoms. The number of nitrogens with zero attached hydrogens (tertiary/aromatic N) is 3. The first-order valence-corrected chi connectivity index (χ1v) is 9.76. The molecule has 0 spiro atoms. The second-order valence-electron chi connectivity index (χ2n) is 6.72. The highest BCUT2D eigenvalue weighted by molar-refractivity contribution is 7.71. The van der Waals surface area contributed by atoms with Crippen molar-refractivity contribution < 1.29 is 4.79 Å². The number of rotatable bonds is 8. The van der Waals surface area contributed by atoms with Gasteiger partial charge in [0.25, 0.3) is 0 Å². The van der Waals surface area contributed by atoms with Gasteiger partial charge in [-0.15, -0.1) is 0 Å². The third kappa shape index (κ3) is 5.07. The molecule has 146 valence electrons. The largest absolute Gasteiger partial charge is 0.370 e. The third-order valence-corrected chi connectivity index (χ3v) is 4.78. The van der Waals surface area contributed by atoms with Gasteiger partial charge in [0.15, 0.2) is 4.77 Å². The Hall–Kier alpha value is -2.93. The fraction of sp³-hybridized carbons (Fsp3) is 0.286. The molecule has 0 fully saturated rings. The maximum Gasteiger partial charge on any atom is 0.244 e. The number of carbonyl (C=O) groups is 1. The monoisotopic (exact) mass is 395 g/mol. The van der Waals surface area contributed by atoms with E-state index < -0.39 is 0 Å². The number of H-pyrrole nitrogens is 1. The number of nitrogens with one attached hydrogen (secondary N) is 2. The standard InChI is InChI=1S/C21H25N5OS/c1-3-7-19-23-24-21(28)26(19)15-20(27)22-17-10-12-18(13-11-17)25(2)14-16-8-5-4-6-9-16/h4-6,8-13H,3,7,14-15H2,1-2H3,(H,22,27)(H,24,28). The zero-order valence-corrected chi connectivity index (χ0v) is 17.0. The van der Waals surface area contributed by atoms with E-state index >= 15 is 0 Å². The molecule has 1 aromatic heterocycles. The smallest absolute Gasteiger partial charge is 0.244 e. The number of hydrogen-bond donors (Lipinski definition) is 2. The van der Waals surface area contributed by atoms with Crippen LogP contribution in [0.1, 0.15) is 24.7 Å². The lowest BCUT2D eigenvalue weighted by Crippen LogP contribution is -2.20. The van der Waals surface area contributed by atoms with Gasteiger partial charge in [-0.1, -0.05) is 37.3 Å². The van der Waals surface area contributed by atoms with Crippen LogP contribution in [0.4, 0.5) is 11.4 Å². The SMILES string of the molecule is CCCc1n[nH]c(=S)n1CC(=O)Nc1ccc(N(C)Cc2ccccc2)cc1. The Morgan fingerprint density at radius 1 is 1.18 bits per heavy atom. The van der Waals surface area contributed by atoms with Crippen molar-refractivity contribution >= 4 is 29.5 Å². The van der Waals surface area contributed by atoms with Gasteiger partial charge in [0.05, 0.1) is 0 Å². The molecule has 1 amide bonds. The van der Waals surface area contributed by atoms with Crippen LogP contribution < -0.4 is 10.2 Å². The molecule has 3 rings (SSSR count). The van der Waals surface area contributed by atoms with Gasteiger partial charge in [0.2, 0.25) is 5.91 Å². The van der Waals surface area contributed by atoms with Crippen LogP contribution in [0, 0.1) is 4.77 Å². The molecule has 2 aromatic carbocycles. The maximum absolute atomic E-state index is 12.4. The van der Waals surface area contributed by atoms with E-state index in [2.05, 4.69) is 46.5 Å². The van der Waals surface area contributed by atoms with Crippen molar-refractivity contribution in [2.45, 2.75) is 32.9 Å². The molecule has 0 atom stereocenters. The molecule has 0 bridgehead atoms. The van der Waals surface area contributed by atoms with Crippen LogP contribution in [0.15, 0.2) is 54.6 Å². The van der Waals surface area contributed by atoms with Gasteiger partial charge >= 0.3 is 0 Å². The molecule has 0 saturated carbocycles. The van der Waals surface area contributed by atoms with Crippen LogP contribution in [0.3, 0.4) is 0 Å². The minimum atomic E-state index is -0.125. The highest BCUT2D eigenvalue weighted by Crippen LogP contribution is 2.19. The van der Waals surface area contributed by atoms with Gasteiger partial charge in [-0.05, 0) is 48.5 Å². The van der Waals surface area contributed by atoms with E-state index in [1.807, 2.05) is 42.5 Å². The molecule has 0 radical (unpaired) electrons. The van der Waals surface area contributed by atoms with Crippen molar-refractivity contribution in [2.75, 3.05) is 17.3 Å². The Labute approximate surface area is 170 Å². The third-order valence-electron chi connectivity index (χ3n) is 4.47. The minimum Gasteiger partial charge on any atom is -0.370 e. The predicted octanol–water partition coefficient (Wildman–Crippen LogP) is 4.17. The minimum absolute atomic E-state index is 0.125. The summed E-state index contributed by atoms with van der Waals surface area (Å²) in [5.41, 5.74) is 3.10. The van der Waals surface area contributed by atoms with Crippen LogP contribution in [0.2, 0.25) is 0 Å². The van der Waals surface area contributed by atoms with Gasteiger partial charge in [-0.2, -0.15) is 5.10 Å². The second-order valence-corrected chi connectivity index (χ2v) is 7.10. The number of hydrogen-bond acceptors (Lipinski definition) is 4. The van der Waals surface area contributed by atoms with E-state index in [0.717, 1.165) is 36.6 Å². The second kappa shape index (κ2) is 9.32. The number of anilines is 2. The maximum atomic E-state index is 12.4. The summed E-state index contributed by atoms with van der Waals surface area (Å²) >= 11 is 5.23. The van der Waals surface area contributed by atoms with Crippen LogP contribution >= 0.6 is 12.2 Å². The Kier molecular flexibility index (Phi) is 6.60. The number of amides is 1. The zero-order chi connectivity index (χ0) is 19.9. The molecule has 0 saturated heterocycles. The molecule has 2 N–H and O–H groups in total. The number of benzene rings is 2. The van der Waals surface area contributed by atoms with E-state index in [-0.39, 0.29) is 12.5 Å². The quantitative estimate of drug-likeness (QED) is 0.562.